The third-order valence-electron chi connectivity index (χ3n) is 4.25. The van der Waals surface area contributed by atoms with Crippen molar-refractivity contribution >= 4 is 17.7 Å². The van der Waals surface area contributed by atoms with Gasteiger partial charge in [0.1, 0.15) is 23.4 Å². The number of nitrogens with zero attached hydrogens (tertiary/aromatic N) is 5. The molecular formula is C20H15F2N5O3. The zero-order valence-corrected chi connectivity index (χ0v) is 15.9. The molecule has 2 aromatic carbocycles. The molecule has 8 nitrogen and oxygen atoms in total. The maximum Gasteiger partial charge on any atom is 0.352 e. The van der Waals surface area contributed by atoms with Crippen LogP contribution in [-0.2, 0) is 0 Å². The summed E-state index contributed by atoms with van der Waals surface area (Å²) < 4.78 is 28.9. The SMILES string of the molecule is CC(C)N(C(=O)n1nnc(-c2c(F)cccc2F)c1C#N)c1cccc(C(=O)O)c1. The minimum atomic E-state index is -1.18. The molecule has 0 aliphatic carbocycles. The van der Waals surface area contributed by atoms with Gasteiger partial charge in [0.15, 0.2) is 5.69 Å². The number of amides is 1. The van der Waals surface area contributed by atoms with Gasteiger partial charge in [-0.2, -0.15) is 5.26 Å². The highest BCUT2D eigenvalue weighted by Gasteiger charge is 2.29. The Kier molecular flexibility index (Phi) is 5.55. The number of aromatic nitrogens is 3. The molecule has 1 heterocycles. The molecule has 1 N–H and O–H groups in total. The van der Waals surface area contributed by atoms with Gasteiger partial charge in [0, 0.05) is 11.7 Å². The van der Waals surface area contributed by atoms with Gasteiger partial charge in [-0.1, -0.05) is 17.3 Å². The van der Waals surface area contributed by atoms with Crippen molar-refractivity contribution in [2.24, 2.45) is 0 Å². The Morgan fingerprint density at radius 3 is 2.37 bits per heavy atom. The number of hydrogen-bond donors (Lipinski definition) is 1. The fraction of sp³-hybridized carbons (Fsp3) is 0.150. The number of nitriles is 1. The Morgan fingerprint density at radius 1 is 1.17 bits per heavy atom. The number of halogens is 2. The Labute approximate surface area is 169 Å². The van der Waals surface area contributed by atoms with Crippen LogP contribution in [0.25, 0.3) is 11.3 Å². The van der Waals surface area contributed by atoms with Gasteiger partial charge in [0.25, 0.3) is 0 Å². The van der Waals surface area contributed by atoms with Crippen LogP contribution < -0.4 is 4.90 Å². The Bertz CT molecular complexity index is 1160. The average molecular weight is 411 g/mol. The number of carboxylic acid groups (broad SMARTS) is 1. The third kappa shape index (κ3) is 3.60. The predicted molar refractivity (Wildman–Crippen MR) is 102 cm³/mol. The maximum atomic E-state index is 14.2. The van der Waals surface area contributed by atoms with Gasteiger partial charge >= 0.3 is 12.0 Å². The number of carbonyl (C=O) groups excluding carboxylic acids is 1. The molecule has 3 aromatic rings. The lowest BCUT2D eigenvalue weighted by Crippen LogP contribution is -2.41. The molecule has 0 atom stereocenters. The van der Waals surface area contributed by atoms with E-state index < -0.39 is 46.6 Å². The summed E-state index contributed by atoms with van der Waals surface area (Å²) in [5.41, 5.74) is -1.24. The molecule has 0 radical (unpaired) electrons. The minimum Gasteiger partial charge on any atom is -0.478 e. The van der Waals surface area contributed by atoms with Crippen molar-refractivity contribution < 1.29 is 23.5 Å². The largest absolute Gasteiger partial charge is 0.478 e. The second kappa shape index (κ2) is 8.08. The first-order valence-corrected chi connectivity index (χ1v) is 8.73. The number of carbonyl (C=O) groups is 2. The Hall–Kier alpha value is -4.13. The predicted octanol–water partition coefficient (Wildman–Crippen LogP) is 3.68. The summed E-state index contributed by atoms with van der Waals surface area (Å²) in [5.74, 6) is -3.09. The quantitative estimate of drug-likeness (QED) is 0.701. The van der Waals surface area contributed by atoms with Crippen LogP contribution in [0.2, 0.25) is 0 Å². The highest BCUT2D eigenvalue weighted by atomic mass is 19.1. The first-order chi connectivity index (χ1) is 14.3. The molecule has 0 bridgehead atoms. The number of rotatable bonds is 4. The highest BCUT2D eigenvalue weighted by Crippen LogP contribution is 2.28. The highest BCUT2D eigenvalue weighted by molar-refractivity contribution is 5.97. The van der Waals surface area contributed by atoms with E-state index in [0.717, 1.165) is 18.2 Å². The normalized spacial score (nSPS) is 10.7. The Morgan fingerprint density at radius 2 is 1.80 bits per heavy atom. The standard InChI is InChI=1S/C20H15F2N5O3/c1-11(2)26(13-6-3-5-12(9-13)19(28)29)20(30)27-16(10-23)18(24-25-27)17-14(21)7-4-8-15(17)22/h3-9,11H,1-2H3,(H,28,29). The first kappa shape index (κ1) is 20.6. The summed E-state index contributed by atoms with van der Waals surface area (Å²) in [6.07, 6.45) is 0. The monoisotopic (exact) mass is 411 g/mol. The van der Waals surface area contributed by atoms with Crippen molar-refractivity contribution in [3.8, 4) is 17.3 Å². The lowest BCUT2D eigenvalue weighted by atomic mass is 10.1. The lowest BCUT2D eigenvalue weighted by Gasteiger charge is -2.26. The molecule has 0 unspecified atom stereocenters. The number of hydrogen-bond acceptors (Lipinski definition) is 5. The zero-order chi connectivity index (χ0) is 22.0. The Balaban J connectivity index is 2.12. The summed E-state index contributed by atoms with van der Waals surface area (Å²) in [6.45, 7) is 3.34. The molecule has 0 aliphatic rings. The molecule has 1 amide bonds. The van der Waals surface area contributed by atoms with Crippen LogP contribution in [0.1, 0.15) is 29.9 Å². The summed E-state index contributed by atoms with van der Waals surface area (Å²) in [7, 11) is 0. The van der Waals surface area contributed by atoms with E-state index in [9.17, 15) is 28.7 Å². The van der Waals surface area contributed by atoms with E-state index in [1.54, 1.807) is 19.9 Å². The first-order valence-electron chi connectivity index (χ1n) is 8.73. The van der Waals surface area contributed by atoms with Crippen LogP contribution in [-0.4, -0.2) is 38.1 Å². The van der Waals surface area contributed by atoms with E-state index in [4.69, 9.17) is 0 Å². The molecule has 0 saturated heterocycles. The molecule has 0 fully saturated rings. The van der Waals surface area contributed by atoms with Gasteiger partial charge in [0.05, 0.1) is 11.1 Å². The molecule has 10 heteroatoms. The van der Waals surface area contributed by atoms with Crippen LogP contribution in [0, 0.1) is 23.0 Å². The van der Waals surface area contributed by atoms with Gasteiger partial charge in [-0.05, 0) is 44.2 Å². The topological polar surface area (TPSA) is 112 Å². The number of aromatic carboxylic acids is 1. The molecule has 152 valence electrons. The van der Waals surface area contributed by atoms with Gasteiger partial charge < -0.3 is 5.11 Å². The average Bonchev–Trinajstić information content (AvgIpc) is 3.11. The molecular weight excluding hydrogens is 396 g/mol. The van der Waals surface area contributed by atoms with E-state index in [-0.39, 0.29) is 11.3 Å². The van der Waals surface area contributed by atoms with E-state index in [1.807, 2.05) is 0 Å². The smallest absolute Gasteiger partial charge is 0.352 e. The van der Waals surface area contributed by atoms with Crippen LogP contribution in [0.3, 0.4) is 0 Å². The second-order valence-corrected chi connectivity index (χ2v) is 6.51. The van der Waals surface area contributed by atoms with Crippen LogP contribution >= 0.6 is 0 Å². The van der Waals surface area contributed by atoms with E-state index in [2.05, 4.69) is 10.3 Å². The maximum absolute atomic E-state index is 14.2. The molecule has 0 aliphatic heterocycles. The summed E-state index contributed by atoms with van der Waals surface area (Å²) in [4.78, 5) is 25.6. The van der Waals surface area contributed by atoms with Gasteiger partial charge in [0.2, 0.25) is 0 Å². The van der Waals surface area contributed by atoms with Crippen LogP contribution in [0.5, 0.6) is 0 Å². The van der Waals surface area contributed by atoms with Crippen molar-refractivity contribution in [3.63, 3.8) is 0 Å². The molecule has 0 saturated carbocycles. The molecule has 1 aromatic heterocycles. The van der Waals surface area contributed by atoms with Gasteiger partial charge in [-0.3, -0.25) is 4.90 Å². The van der Waals surface area contributed by atoms with Crippen molar-refractivity contribution in [1.29, 1.82) is 5.26 Å². The van der Waals surface area contributed by atoms with E-state index in [0.29, 0.717) is 4.68 Å². The van der Waals surface area contributed by atoms with Crippen LogP contribution in [0.4, 0.5) is 19.3 Å². The summed E-state index contributed by atoms with van der Waals surface area (Å²) in [6, 6.07) is 9.21. The van der Waals surface area contributed by atoms with Gasteiger partial charge in [-0.15, -0.1) is 9.78 Å². The summed E-state index contributed by atoms with van der Waals surface area (Å²) >= 11 is 0. The summed E-state index contributed by atoms with van der Waals surface area (Å²) in [5, 5.41) is 26.0. The van der Waals surface area contributed by atoms with Crippen LogP contribution in [0.15, 0.2) is 42.5 Å². The van der Waals surface area contributed by atoms with Crippen molar-refractivity contribution in [2.75, 3.05) is 4.90 Å². The van der Waals surface area contributed by atoms with Crippen molar-refractivity contribution in [1.82, 2.24) is 15.0 Å². The molecule has 3 rings (SSSR count). The zero-order valence-electron chi connectivity index (χ0n) is 15.9. The third-order valence-corrected chi connectivity index (χ3v) is 4.25. The lowest BCUT2D eigenvalue weighted by molar-refractivity contribution is 0.0697. The fourth-order valence-electron chi connectivity index (χ4n) is 2.93. The minimum absolute atomic E-state index is 0.0424. The second-order valence-electron chi connectivity index (χ2n) is 6.51. The fourth-order valence-corrected chi connectivity index (χ4v) is 2.93. The molecule has 0 spiro atoms. The number of benzene rings is 2. The van der Waals surface area contributed by atoms with E-state index >= 15 is 0 Å². The van der Waals surface area contributed by atoms with Crippen molar-refractivity contribution in [2.45, 2.75) is 19.9 Å². The van der Waals surface area contributed by atoms with Crippen molar-refractivity contribution in [3.05, 3.63) is 65.4 Å². The number of carboxylic acids is 1. The molecule has 30 heavy (non-hydrogen) atoms. The van der Waals surface area contributed by atoms with E-state index in [1.165, 1.54) is 29.2 Å². The number of anilines is 1. The van der Waals surface area contributed by atoms with Gasteiger partial charge in [-0.25, -0.2) is 18.4 Å².